The zero-order chi connectivity index (χ0) is 16.8. The van der Waals surface area contributed by atoms with E-state index < -0.39 is 17.7 Å². The zero-order valence-corrected chi connectivity index (χ0v) is 12.8. The van der Waals surface area contributed by atoms with Gasteiger partial charge in [0, 0.05) is 24.7 Å². The van der Waals surface area contributed by atoms with Crippen molar-refractivity contribution in [2.24, 2.45) is 0 Å². The highest BCUT2D eigenvalue weighted by Gasteiger charge is 2.15. The summed E-state index contributed by atoms with van der Waals surface area (Å²) in [5.74, 6) is 4.45. The number of ether oxygens (including phenoxy) is 1. The van der Waals surface area contributed by atoms with Gasteiger partial charge in [0.15, 0.2) is 5.69 Å². The molecule has 0 aliphatic heterocycles. The van der Waals surface area contributed by atoms with E-state index in [1.807, 2.05) is 0 Å². The Kier molecular flexibility index (Phi) is 5.75. The van der Waals surface area contributed by atoms with Gasteiger partial charge in [-0.1, -0.05) is 11.8 Å². The maximum absolute atomic E-state index is 11.4. The number of hydrogen-bond donors (Lipinski definition) is 3. The lowest BCUT2D eigenvalue weighted by Gasteiger charge is -2.19. The summed E-state index contributed by atoms with van der Waals surface area (Å²) < 4.78 is 5.07. The van der Waals surface area contributed by atoms with E-state index >= 15 is 0 Å². The van der Waals surface area contributed by atoms with Crippen molar-refractivity contribution in [3.8, 4) is 11.8 Å². The molecule has 0 atom stereocenters. The molecule has 0 spiro atoms. The average Bonchev–Trinajstić information content (AvgIpc) is 2.35. The first-order valence-electron chi connectivity index (χ1n) is 6.63. The number of nitrogen functional groups attached to an aromatic ring is 1. The topological polar surface area (TPSA) is 115 Å². The van der Waals surface area contributed by atoms with Crippen molar-refractivity contribution in [2.75, 3.05) is 12.3 Å². The quantitative estimate of drug-likeness (QED) is 0.577. The molecule has 118 valence electrons. The fourth-order valence-electron chi connectivity index (χ4n) is 1.43. The summed E-state index contributed by atoms with van der Waals surface area (Å²) in [6.45, 7) is 5.69. The van der Waals surface area contributed by atoms with Gasteiger partial charge >= 0.3 is 12.1 Å². The lowest BCUT2D eigenvalue weighted by atomic mass is 10.2. The van der Waals surface area contributed by atoms with Gasteiger partial charge in [-0.15, -0.1) is 0 Å². The Labute approximate surface area is 128 Å². The number of carbonyl (C=O) groups excluding carboxylic acids is 1. The molecule has 1 aromatic heterocycles. The monoisotopic (exact) mass is 305 g/mol. The minimum atomic E-state index is -1.18. The Morgan fingerprint density at radius 2 is 2.14 bits per heavy atom. The largest absolute Gasteiger partial charge is 0.476 e. The van der Waals surface area contributed by atoms with Crippen LogP contribution in [0.3, 0.4) is 0 Å². The fraction of sp³-hybridized carbons (Fsp3) is 0.400. The number of carboxylic acid groups (broad SMARTS) is 1. The lowest BCUT2D eigenvalue weighted by Crippen LogP contribution is -2.32. The minimum absolute atomic E-state index is 0.0613. The van der Waals surface area contributed by atoms with Crippen molar-refractivity contribution in [1.29, 1.82) is 0 Å². The smallest absolute Gasteiger partial charge is 0.407 e. The molecule has 0 saturated heterocycles. The molecule has 1 amide bonds. The maximum atomic E-state index is 11.4. The van der Waals surface area contributed by atoms with Gasteiger partial charge in [0.1, 0.15) is 5.60 Å². The van der Waals surface area contributed by atoms with Crippen molar-refractivity contribution in [3.63, 3.8) is 0 Å². The number of nitrogens with one attached hydrogen (secondary N) is 1. The summed E-state index contributed by atoms with van der Waals surface area (Å²) in [6, 6.07) is 1.45. The van der Waals surface area contributed by atoms with E-state index in [4.69, 9.17) is 15.6 Å². The number of anilines is 1. The molecule has 7 heteroatoms. The van der Waals surface area contributed by atoms with Crippen LogP contribution >= 0.6 is 0 Å². The van der Waals surface area contributed by atoms with Gasteiger partial charge in [-0.05, 0) is 26.8 Å². The molecule has 1 heterocycles. The van der Waals surface area contributed by atoms with Crippen LogP contribution in [-0.4, -0.2) is 34.3 Å². The molecule has 0 radical (unpaired) electrons. The molecule has 0 bridgehead atoms. The van der Waals surface area contributed by atoms with Gasteiger partial charge in [-0.25, -0.2) is 14.6 Å². The molecule has 1 rings (SSSR count). The standard InChI is InChI=1S/C15H19N3O4/c1-15(2,3)22-14(21)17-7-5-4-6-10-8-11(16)12(13(19)20)18-9-10/h8-9H,5,7,16H2,1-3H3,(H,17,21)(H,19,20). The van der Waals surface area contributed by atoms with Crippen LogP contribution in [0, 0.1) is 11.8 Å². The second kappa shape index (κ2) is 7.31. The van der Waals surface area contributed by atoms with Crippen LogP contribution in [0.4, 0.5) is 10.5 Å². The highest BCUT2D eigenvalue weighted by molar-refractivity contribution is 5.91. The summed E-state index contributed by atoms with van der Waals surface area (Å²) in [6.07, 6.45) is 1.26. The summed E-state index contributed by atoms with van der Waals surface area (Å²) in [5.41, 5.74) is 5.41. The van der Waals surface area contributed by atoms with Gasteiger partial charge in [0.25, 0.3) is 0 Å². The van der Waals surface area contributed by atoms with Gasteiger partial charge in [-0.2, -0.15) is 0 Å². The SMILES string of the molecule is CC(C)(C)OC(=O)NCCC#Cc1cnc(C(=O)O)c(N)c1. The normalized spacial score (nSPS) is 10.3. The van der Waals surface area contributed by atoms with E-state index in [9.17, 15) is 9.59 Å². The summed E-state index contributed by atoms with van der Waals surface area (Å²) in [7, 11) is 0. The molecule has 0 aromatic carbocycles. The van der Waals surface area contributed by atoms with Gasteiger partial charge in [0.2, 0.25) is 0 Å². The molecule has 0 saturated carbocycles. The summed E-state index contributed by atoms with van der Waals surface area (Å²) in [5, 5.41) is 11.4. The van der Waals surface area contributed by atoms with Gasteiger partial charge < -0.3 is 20.9 Å². The lowest BCUT2D eigenvalue weighted by molar-refractivity contribution is 0.0528. The first-order chi connectivity index (χ1) is 10.2. The van der Waals surface area contributed by atoms with Crippen molar-refractivity contribution in [2.45, 2.75) is 32.8 Å². The molecule has 4 N–H and O–H groups in total. The van der Waals surface area contributed by atoms with Crippen molar-refractivity contribution < 1.29 is 19.4 Å². The number of nitrogens with zero attached hydrogens (tertiary/aromatic N) is 1. The van der Waals surface area contributed by atoms with E-state index in [1.54, 1.807) is 20.8 Å². The fourth-order valence-corrected chi connectivity index (χ4v) is 1.43. The molecule has 0 fully saturated rings. The molecular weight excluding hydrogens is 286 g/mol. The third-order valence-corrected chi connectivity index (χ3v) is 2.27. The Hall–Kier alpha value is -2.75. The van der Waals surface area contributed by atoms with Gasteiger partial charge in [-0.3, -0.25) is 0 Å². The first-order valence-corrected chi connectivity index (χ1v) is 6.63. The number of aromatic nitrogens is 1. The Bertz CT molecular complexity index is 624. The highest BCUT2D eigenvalue weighted by Crippen LogP contribution is 2.10. The molecule has 1 aromatic rings. The molecule has 0 aliphatic rings. The number of carboxylic acids is 1. The maximum Gasteiger partial charge on any atom is 0.407 e. The number of alkyl carbamates (subject to hydrolysis) is 1. The number of rotatable bonds is 3. The second-order valence-electron chi connectivity index (χ2n) is 5.45. The zero-order valence-electron chi connectivity index (χ0n) is 12.8. The van der Waals surface area contributed by atoms with Crippen LogP contribution in [-0.2, 0) is 4.74 Å². The number of nitrogens with two attached hydrogens (primary N) is 1. The van der Waals surface area contributed by atoms with E-state index in [0.717, 1.165) is 0 Å². The first kappa shape index (κ1) is 17.3. The molecular formula is C15H19N3O4. The summed E-state index contributed by atoms with van der Waals surface area (Å²) >= 11 is 0. The van der Waals surface area contributed by atoms with Crippen molar-refractivity contribution >= 4 is 17.7 Å². The predicted octanol–water partition coefficient (Wildman–Crippen LogP) is 1.63. The van der Waals surface area contributed by atoms with E-state index in [1.165, 1.54) is 12.3 Å². The molecule has 7 nitrogen and oxygen atoms in total. The van der Waals surface area contributed by atoms with E-state index in [2.05, 4.69) is 22.1 Å². The summed E-state index contributed by atoms with van der Waals surface area (Å²) in [4.78, 5) is 25.9. The van der Waals surface area contributed by atoms with Crippen molar-refractivity contribution in [3.05, 3.63) is 23.5 Å². The number of aromatic carboxylic acids is 1. The van der Waals surface area contributed by atoms with Crippen molar-refractivity contribution in [1.82, 2.24) is 10.3 Å². The highest BCUT2D eigenvalue weighted by atomic mass is 16.6. The second-order valence-corrected chi connectivity index (χ2v) is 5.45. The molecule has 0 unspecified atom stereocenters. The van der Waals surface area contributed by atoms with Crippen LogP contribution < -0.4 is 11.1 Å². The third-order valence-electron chi connectivity index (χ3n) is 2.27. The van der Waals surface area contributed by atoms with Crippen LogP contribution in [0.15, 0.2) is 12.3 Å². The average molecular weight is 305 g/mol. The number of carbonyl (C=O) groups is 2. The van der Waals surface area contributed by atoms with Gasteiger partial charge in [0.05, 0.1) is 5.69 Å². The molecule has 0 aliphatic carbocycles. The van der Waals surface area contributed by atoms with Crippen LogP contribution in [0.1, 0.15) is 43.2 Å². The minimum Gasteiger partial charge on any atom is -0.476 e. The van der Waals surface area contributed by atoms with Crippen LogP contribution in [0.2, 0.25) is 0 Å². The van der Waals surface area contributed by atoms with E-state index in [0.29, 0.717) is 18.5 Å². The predicted molar refractivity (Wildman–Crippen MR) is 81.3 cm³/mol. The molecule has 22 heavy (non-hydrogen) atoms. The third kappa shape index (κ3) is 6.13. The van der Waals surface area contributed by atoms with Crippen LogP contribution in [0.25, 0.3) is 0 Å². The van der Waals surface area contributed by atoms with E-state index in [-0.39, 0.29) is 11.4 Å². The Morgan fingerprint density at radius 1 is 1.45 bits per heavy atom. The number of amides is 1. The Balaban J connectivity index is 2.47. The number of pyridine rings is 1. The Morgan fingerprint density at radius 3 is 2.68 bits per heavy atom. The van der Waals surface area contributed by atoms with Crippen LogP contribution in [0.5, 0.6) is 0 Å². The number of hydrogen-bond acceptors (Lipinski definition) is 5.